The van der Waals surface area contributed by atoms with Crippen LogP contribution in [0.1, 0.15) is 43.5 Å². The average Bonchev–Trinajstić information content (AvgIpc) is 3.27. The maximum absolute atomic E-state index is 14.0. The predicted molar refractivity (Wildman–Crippen MR) is 173 cm³/mol. The number of ether oxygens (including phenoxy) is 3. The molecule has 1 aromatic heterocycles. The molecule has 2 heterocycles. The van der Waals surface area contributed by atoms with E-state index in [0.717, 1.165) is 15.6 Å². The van der Waals surface area contributed by atoms with Gasteiger partial charge in [0.05, 0.1) is 39.1 Å². The minimum atomic E-state index is -0.797. The first kappa shape index (κ1) is 31.1. The second-order valence-electron chi connectivity index (χ2n) is 10.0. The molecule has 1 atom stereocenters. The Morgan fingerprint density at radius 2 is 1.84 bits per heavy atom. The SMILES string of the molecule is COc1ccc(Br)cc1[C@@H]1C(C(=O)OC(C)C)=C(C)N=c2s/c(=C\c3ccc(OCc4ccc(Cl)c(Cl)c4)cc3)c(=O)n21. The van der Waals surface area contributed by atoms with Crippen LogP contribution < -0.4 is 24.4 Å². The number of aromatic nitrogens is 1. The Morgan fingerprint density at radius 1 is 1.09 bits per heavy atom. The summed E-state index contributed by atoms with van der Waals surface area (Å²) in [7, 11) is 1.55. The molecule has 5 rings (SSSR count). The fourth-order valence-electron chi connectivity index (χ4n) is 4.68. The summed E-state index contributed by atoms with van der Waals surface area (Å²) in [5, 5.41) is 0.961. The largest absolute Gasteiger partial charge is 0.496 e. The van der Waals surface area contributed by atoms with Crippen molar-refractivity contribution < 1.29 is 19.0 Å². The van der Waals surface area contributed by atoms with Crippen LogP contribution >= 0.6 is 50.5 Å². The standard InChI is InChI=1S/C32H27BrCl2N2O5S/c1-17(2)42-31(39)28-18(3)36-32-37(29(28)23-15-21(33)8-12-26(23)40-4)30(38)27(43-32)14-19-5-9-22(10-6-19)41-16-20-7-11-24(34)25(35)13-20/h5-15,17,29H,16H2,1-4H3/b27-14-/t29-/m1/s1. The van der Waals surface area contributed by atoms with Crippen LogP contribution in [0.15, 0.2) is 86.2 Å². The zero-order valence-corrected chi connectivity index (χ0v) is 27.6. The molecule has 0 fully saturated rings. The number of carbonyl (C=O) groups is 1. The molecule has 0 saturated carbocycles. The molecule has 0 amide bonds. The van der Waals surface area contributed by atoms with E-state index in [0.29, 0.717) is 48.7 Å². The second kappa shape index (κ2) is 13.1. The molecule has 0 aliphatic carbocycles. The summed E-state index contributed by atoms with van der Waals surface area (Å²) in [5.74, 6) is 0.660. The maximum Gasteiger partial charge on any atom is 0.338 e. The molecule has 222 valence electrons. The van der Waals surface area contributed by atoms with Gasteiger partial charge in [-0.3, -0.25) is 9.36 Å². The Kier molecular flexibility index (Phi) is 9.46. The van der Waals surface area contributed by atoms with E-state index in [9.17, 15) is 9.59 Å². The molecule has 0 bridgehead atoms. The van der Waals surface area contributed by atoms with E-state index in [-0.39, 0.29) is 17.2 Å². The highest BCUT2D eigenvalue weighted by Crippen LogP contribution is 2.37. The van der Waals surface area contributed by atoms with E-state index >= 15 is 0 Å². The molecular weight excluding hydrogens is 675 g/mol. The van der Waals surface area contributed by atoms with Gasteiger partial charge in [-0.05, 0) is 80.4 Å². The lowest BCUT2D eigenvalue weighted by Crippen LogP contribution is -2.40. The summed E-state index contributed by atoms with van der Waals surface area (Å²) in [6.45, 7) is 5.64. The fourth-order valence-corrected chi connectivity index (χ4v) is 6.43. The van der Waals surface area contributed by atoms with Gasteiger partial charge in [-0.2, -0.15) is 0 Å². The first-order valence-electron chi connectivity index (χ1n) is 13.3. The van der Waals surface area contributed by atoms with E-state index in [1.54, 1.807) is 56.7 Å². The molecule has 1 aliphatic heterocycles. The summed E-state index contributed by atoms with van der Waals surface area (Å²) >= 11 is 16.9. The van der Waals surface area contributed by atoms with E-state index in [1.165, 1.54) is 11.3 Å². The fraction of sp³-hybridized carbons (Fsp3) is 0.219. The van der Waals surface area contributed by atoms with Gasteiger partial charge < -0.3 is 14.2 Å². The molecular formula is C32H27BrCl2N2O5S. The van der Waals surface area contributed by atoms with Crippen molar-refractivity contribution >= 4 is 62.5 Å². The number of fused-ring (bicyclic) bond motifs is 1. The first-order chi connectivity index (χ1) is 20.5. The molecule has 0 spiro atoms. The number of thiazole rings is 1. The number of hydrogen-bond acceptors (Lipinski definition) is 7. The van der Waals surface area contributed by atoms with E-state index in [1.807, 2.05) is 42.5 Å². The van der Waals surface area contributed by atoms with Crippen LogP contribution in [0.25, 0.3) is 6.08 Å². The molecule has 43 heavy (non-hydrogen) atoms. The lowest BCUT2D eigenvalue weighted by Gasteiger charge is -2.26. The van der Waals surface area contributed by atoms with Crippen LogP contribution in [-0.4, -0.2) is 23.8 Å². The van der Waals surface area contributed by atoms with Gasteiger partial charge in [0, 0.05) is 10.0 Å². The lowest BCUT2D eigenvalue weighted by molar-refractivity contribution is -0.143. The Hall–Kier alpha value is -3.37. The predicted octanol–water partition coefficient (Wildman–Crippen LogP) is 6.84. The summed E-state index contributed by atoms with van der Waals surface area (Å²) in [6.07, 6.45) is 1.45. The first-order valence-corrected chi connectivity index (χ1v) is 15.7. The van der Waals surface area contributed by atoms with E-state index in [2.05, 4.69) is 20.9 Å². The van der Waals surface area contributed by atoms with Gasteiger partial charge >= 0.3 is 5.97 Å². The van der Waals surface area contributed by atoms with Crippen LogP contribution in [0, 0.1) is 0 Å². The zero-order valence-electron chi connectivity index (χ0n) is 23.7. The molecule has 0 N–H and O–H groups in total. The number of rotatable bonds is 8. The topological polar surface area (TPSA) is 79.1 Å². The normalized spacial score (nSPS) is 14.9. The number of halogens is 3. The molecule has 7 nitrogen and oxygen atoms in total. The second-order valence-corrected chi connectivity index (χ2v) is 12.8. The van der Waals surface area contributed by atoms with Gasteiger partial charge in [-0.1, -0.05) is 68.7 Å². The Balaban J connectivity index is 1.52. The Morgan fingerprint density at radius 3 is 2.51 bits per heavy atom. The molecule has 3 aromatic carbocycles. The number of nitrogens with zero attached hydrogens (tertiary/aromatic N) is 2. The Bertz CT molecular complexity index is 1920. The molecule has 4 aromatic rings. The summed E-state index contributed by atoms with van der Waals surface area (Å²) in [5.41, 5.74) is 2.82. The minimum absolute atomic E-state index is 0.280. The van der Waals surface area contributed by atoms with Crippen LogP contribution in [0.3, 0.4) is 0 Å². The number of allylic oxidation sites excluding steroid dienone is 1. The number of esters is 1. The maximum atomic E-state index is 14.0. The number of carbonyl (C=O) groups excluding carboxylic acids is 1. The van der Waals surface area contributed by atoms with Crippen LogP contribution in [0.4, 0.5) is 0 Å². The molecule has 0 saturated heterocycles. The summed E-state index contributed by atoms with van der Waals surface area (Å²) in [6, 6.07) is 17.4. The highest BCUT2D eigenvalue weighted by Gasteiger charge is 2.35. The molecule has 0 unspecified atom stereocenters. The molecule has 0 radical (unpaired) electrons. The lowest BCUT2D eigenvalue weighted by atomic mass is 9.95. The van der Waals surface area contributed by atoms with Gasteiger partial charge in [0.1, 0.15) is 24.1 Å². The number of hydrogen-bond donors (Lipinski definition) is 0. The third kappa shape index (κ3) is 6.75. The average molecular weight is 702 g/mol. The van der Waals surface area contributed by atoms with Gasteiger partial charge in [0.15, 0.2) is 4.80 Å². The summed E-state index contributed by atoms with van der Waals surface area (Å²) in [4.78, 5) is 32.5. The highest BCUT2D eigenvalue weighted by molar-refractivity contribution is 9.10. The van der Waals surface area contributed by atoms with Crippen molar-refractivity contribution in [1.29, 1.82) is 0 Å². The monoisotopic (exact) mass is 700 g/mol. The smallest absolute Gasteiger partial charge is 0.338 e. The van der Waals surface area contributed by atoms with Crippen molar-refractivity contribution in [2.75, 3.05) is 7.11 Å². The van der Waals surface area contributed by atoms with Crippen molar-refractivity contribution in [3.63, 3.8) is 0 Å². The summed E-state index contributed by atoms with van der Waals surface area (Å²) < 4.78 is 19.9. The highest BCUT2D eigenvalue weighted by atomic mass is 79.9. The number of benzene rings is 3. The molecule has 1 aliphatic rings. The van der Waals surface area contributed by atoms with Gasteiger partial charge in [-0.25, -0.2) is 9.79 Å². The quantitative estimate of drug-likeness (QED) is 0.188. The zero-order chi connectivity index (χ0) is 30.8. The van der Waals surface area contributed by atoms with Gasteiger partial charge in [0.25, 0.3) is 5.56 Å². The van der Waals surface area contributed by atoms with Crippen LogP contribution in [-0.2, 0) is 16.1 Å². The van der Waals surface area contributed by atoms with Crippen molar-refractivity contribution in [3.05, 3.63) is 123 Å². The van der Waals surface area contributed by atoms with Crippen LogP contribution in [0.5, 0.6) is 11.5 Å². The van der Waals surface area contributed by atoms with Crippen LogP contribution in [0.2, 0.25) is 10.0 Å². The van der Waals surface area contributed by atoms with E-state index in [4.69, 9.17) is 37.4 Å². The number of methoxy groups -OCH3 is 1. The van der Waals surface area contributed by atoms with Crippen molar-refractivity contribution in [2.24, 2.45) is 4.99 Å². The van der Waals surface area contributed by atoms with Crippen molar-refractivity contribution in [2.45, 2.75) is 39.5 Å². The third-order valence-electron chi connectivity index (χ3n) is 6.64. The van der Waals surface area contributed by atoms with E-state index < -0.39 is 12.0 Å². The van der Waals surface area contributed by atoms with Crippen molar-refractivity contribution in [3.8, 4) is 11.5 Å². The third-order valence-corrected chi connectivity index (χ3v) is 8.85. The minimum Gasteiger partial charge on any atom is -0.496 e. The Labute approximate surface area is 270 Å². The molecule has 11 heteroatoms. The van der Waals surface area contributed by atoms with Gasteiger partial charge in [-0.15, -0.1) is 0 Å². The van der Waals surface area contributed by atoms with Crippen molar-refractivity contribution in [1.82, 2.24) is 4.57 Å². The van der Waals surface area contributed by atoms with Gasteiger partial charge in [0.2, 0.25) is 0 Å².